The van der Waals surface area contributed by atoms with Crippen molar-refractivity contribution < 1.29 is 0 Å². The Morgan fingerprint density at radius 2 is 1.90 bits per heavy atom. The van der Waals surface area contributed by atoms with Gasteiger partial charge >= 0.3 is 0 Å². The zero-order valence-electron chi connectivity index (χ0n) is 11.8. The molecule has 0 radical (unpaired) electrons. The molecule has 108 valence electrons. The maximum Gasteiger partial charge on any atom is 0.162 e. The van der Waals surface area contributed by atoms with Gasteiger partial charge in [0.2, 0.25) is 0 Å². The quantitative estimate of drug-likeness (QED) is 0.630. The number of hydrogen-bond donors (Lipinski definition) is 2. The van der Waals surface area contributed by atoms with Crippen molar-refractivity contribution in [1.82, 2.24) is 15.1 Å². The van der Waals surface area contributed by atoms with Crippen LogP contribution in [0, 0.1) is 5.41 Å². The Kier molecular flexibility index (Phi) is 3.82. The van der Waals surface area contributed by atoms with Gasteiger partial charge in [-0.2, -0.15) is 5.10 Å². The second-order valence-electron chi connectivity index (χ2n) is 5.64. The van der Waals surface area contributed by atoms with Crippen LogP contribution in [0.5, 0.6) is 0 Å². The normalized spacial score (nSPS) is 21.3. The number of nitrogen functional groups attached to an aromatic ring is 1. The van der Waals surface area contributed by atoms with Crippen molar-refractivity contribution in [3.8, 4) is 0 Å². The van der Waals surface area contributed by atoms with Gasteiger partial charge in [-0.25, -0.2) is 0 Å². The highest BCUT2D eigenvalue weighted by Gasteiger charge is 2.27. The summed E-state index contributed by atoms with van der Waals surface area (Å²) in [5.74, 6) is 0.819. The lowest BCUT2D eigenvalue weighted by Crippen LogP contribution is -2.50. The number of anilines is 1. The summed E-state index contributed by atoms with van der Waals surface area (Å²) < 4.78 is 0. The topological polar surface area (TPSA) is 82.1 Å². The van der Waals surface area contributed by atoms with Crippen molar-refractivity contribution in [2.75, 3.05) is 31.1 Å². The molecule has 0 atom stereocenters. The monoisotopic (exact) mass is 274 g/mol. The highest BCUT2D eigenvalue weighted by Crippen LogP contribution is 2.25. The highest BCUT2D eigenvalue weighted by atomic mass is 15.3. The molecule has 0 amide bonds. The third-order valence-corrected chi connectivity index (χ3v) is 4.45. The lowest BCUT2D eigenvalue weighted by molar-refractivity contribution is 0.187. The number of nitrogens with zero attached hydrogens (tertiary/aromatic N) is 4. The number of piperazine rings is 1. The molecule has 6 heteroatoms. The summed E-state index contributed by atoms with van der Waals surface area (Å²) in [6.07, 6.45) is 7.05. The fraction of sp³-hybridized carbons (Fsp3) is 0.643. The smallest absolute Gasteiger partial charge is 0.162 e. The summed E-state index contributed by atoms with van der Waals surface area (Å²) in [6, 6.07) is 2.56. The Bertz CT molecular complexity index is 474. The van der Waals surface area contributed by atoms with E-state index in [1.807, 2.05) is 0 Å². The van der Waals surface area contributed by atoms with Crippen molar-refractivity contribution in [2.45, 2.75) is 31.7 Å². The molecule has 20 heavy (non-hydrogen) atoms. The van der Waals surface area contributed by atoms with Crippen LogP contribution >= 0.6 is 0 Å². The summed E-state index contributed by atoms with van der Waals surface area (Å²) in [7, 11) is 0. The fourth-order valence-electron chi connectivity index (χ4n) is 3.34. The predicted octanol–water partition coefficient (Wildman–Crippen LogP) is 0.825. The molecule has 2 heterocycles. The van der Waals surface area contributed by atoms with Gasteiger partial charge in [-0.05, 0) is 18.9 Å². The summed E-state index contributed by atoms with van der Waals surface area (Å²) in [5, 5.41) is 15.8. The van der Waals surface area contributed by atoms with Crippen molar-refractivity contribution in [2.24, 2.45) is 5.73 Å². The zero-order valence-corrected chi connectivity index (χ0v) is 11.8. The fourth-order valence-corrected chi connectivity index (χ4v) is 3.34. The van der Waals surface area contributed by atoms with Crippen LogP contribution in [-0.2, 0) is 0 Å². The van der Waals surface area contributed by atoms with E-state index in [0.29, 0.717) is 5.56 Å². The maximum atomic E-state index is 7.64. The number of aromatic nitrogens is 2. The van der Waals surface area contributed by atoms with E-state index in [1.165, 1.54) is 25.7 Å². The number of hydrogen-bond acceptors (Lipinski definition) is 5. The summed E-state index contributed by atoms with van der Waals surface area (Å²) in [4.78, 5) is 4.81. The molecule has 6 nitrogen and oxygen atoms in total. The molecule has 0 unspecified atom stereocenters. The molecule has 1 aromatic heterocycles. The molecule has 0 aromatic carbocycles. The largest absolute Gasteiger partial charge is 0.384 e. The van der Waals surface area contributed by atoms with Crippen molar-refractivity contribution in [3.63, 3.8) is 0 Å². The minimum absolute atomic E-state index is 0.0631. The van der Waals surface area contributed by atoms with Crippen LogP contribution in [0.25, 0.3) is 0 Å². The van der Waals surface area contributed by atoms with E-state index in [1.54, 1.807) is 12.3 Å². The van der Waals surface area contributed by atoms with Gasteiger partial charge in [0.25, 0.3) is 0 Å². The predicted molar refractivity (Wildman–Crippen MR) is 79.1 cm³/mol. The first kappa shape index (κ1) is 13.3. The minimum Gasteiger partial charge on any atom is -0.384 e. The second-order valence-corrected chi connectivity index (χ2v) is 5.64. The Hall–Kier alpha value is -1.69. The van der Waals surface area contributed by atoms with Gasteiger partial charge in [0.1, 0.15) is 5.84 Å². The van der Waals surface area contributed by atoms with E-state index in [4.69, 9.17) is 11.1 Å². The minimum atomic E-state index is 0.0631. The van der Waals surface area contributed by atoms with Crippen molar-refractivity contribution in [1.29, 1.82) is 5.41 Å². The van der Waals surface area contributed by atoms with Gasteiger partial charge in [0.15, 0.2) is 5.82 Å². The van der Waals surface area contributed by atoms with Crippen molar-refractivity contribution >= 4 is 11.7 Å². The molecule has 0 bridgehead atoms. The molecule has 1 aliphatic heterocycles. The second kappa shape index (κ2) is 5.75. The van der Waals surface area contributed by atoms with E-state index < -0.39 is 0 Å². The van der Waals surface area contributed by atoms with Gasteiger partial charge in [-0.3, -0.25) is 10.3 Å². The first-order chi connectivity index (χ1) is 9.75. The van der Waals surface area contributed by atoms with Gasteiger partial charge in [-0.1, -0.05) is 12.8 Å². The number of nitrogens with one attached hydrogen (secondary N) is 1. The molecular formula is C14H22N6. The molecule has 2 aliphatic rings. The number of amidine groups is 1. The molecule has 1 saturated carbocycles. The van der Waals surface area contributed by atoms with E-state index >= 15 is 0 Å². The van der Waals surface area contributed by atoms with Crippen LogP contribution in [-0.4, -0.2) is 53.2 Å². The lowest BCUT2D eigenvalue weighted by Gasteiger charge is -2.38. The Balaban J connectivity index is 1.67. The summed E-state index contributed by atoms with van der Waals surface area (Å²) >= 11 is 0. The van der Waals surface area contributed by atoms with Crippen LogP contribution in [0.15, 0.2) is 12.3 Å². The molecule has 3 rings (SSSR count). The standard InChI is InChI=1S/C14H22N6/c15-13(16)12-5-6-17-18-14(12)20-9-7-19(8-10-20)11-3-1-2-4-11/h5-6,11H,1-4,7-10H2,(H3,15,16). The summed E-state index contributed by atoms with van der Waals surface area (Å²) in [6.45, 7) is 4.02. The average molecular weight is 274 g/mol. The number of nitrogens with two attached hydrogens (primary N) is 1. The van der Waals surface area contributed by atoms with Gasteiger partial charge < -0.3 is 10.6 Å². The van der Waals surface area contributed by atoms with Gasteiger partial charge in [0, 0.05) is 32.2 Å². The number of rotatable bonds is 3. The Morgan fingerprint density at radius 3 is 2.55 bits per heavy atom. The van der Waals surface area contributed by atoms with Gasteiger partial charge in [-0.15, -0.1) is 5.10 Å². The Labute approximate surface area is 119 Å². The molecule has 1 saturated heterocycles. The van der Waals surface area contributed by atoms with Crippen molar-refractivity contribution in [3.05, 3.63) is 17.8 Å². The van der Waals surface area contributed by atoms with Crippen LogP contribution in [0.1, 0.15) is 31.2 Å². The van der Waals surface area contributed by atoms with Crippen LogP contribution in [0.3, 0.4) is 0 Å². The van der Waals surface area contributed by atoms with E-state index in [2.05, 4.69) is 20.0 Å². The van der Waals surface area contributed by atoms with Crippen LogP contribution < -0.4 is 10.6 Å². The first-order valence-corrected chi connectivity index (χ1v) is 7.41. The molecule has 3 N–H and O–H groups in total. The zero-order chi connectivity index (χ0) is 13.9. The first-order valence-electron chi connectivity index (χ1n) is 7.41. The SMILES string of the molecule is N=C(N)c1ccnnc1N1CCN(C2CCCC2)CC1. The maximum absolute atomic E-state index is 7.64. The van der Waals surface area contributed by atoms with Gasteiger partial charge in [0.05, 0.1) is 11.8 Å². The van der Waals surface area contributed by atoms with Crippen LogP contribution in [0.4, 0.5) is 5.82 Å². The van der Waals surface area contributed by atoms with E-state index in [0.717, 1.165) is 38.0 Å². The molecule has 2 fully saturated rings. The molecule has 1 aromatic rings. The average Bonchev–Trinajstić information content (AvgIpc) is 3.02. The molecule has 0 spiro atoms. The van der Waals surface area contributed by atoms with E-state index in [-0.39, 0.29) is 5.84 Å². The summed E-state index contributed by atoms with van der Waals surface area (Å²) in [5.41, 5.74) is 6.32. The lowest BCUT2D eigenvalue weighted by atomic mass is 10.1. The molecular weight excluding hydrogens is 252 g/mol. The highest BCUT2D eigenvalue weighted by molar-refractivity contribution is 5.99. The molecule has 1 aliphatic carbocycles. The third-order valence-electron chi connectivity index (χ3n) is 4.45. The third kappa shape index (κ3) is 2.60. The van der Waals surface area contributed by atoms with Crippen LogP contribution in [0.2, 0.25) is 0 Å². The van der Waals surface area contributed by atoms with E-state index in [9.17, 15) is 0 Å². The Morgan fingerprint density at radius 1 is 1.20 bits per heavy atom.